The number of ether oxygens (including phenoxy) is 2. The van der Waals surface area contributed by atoms with Crippen molar-refractivity contribution in [3.63, 3.8) is 0 Å². The molecule has 2 aliphatic heterocycles. The molecule has 2 saturated heterocycles. The van der Waals surface area contributed by atoms with Gasteiger partial charge in [-0.05, 0) is 6.42 Å². The first kappa shape index (κ1) is 14.4. The van der Waals surface area contributed by atoms with Crippen LogP contribution in [0.15, 0.2) is 60.7 Å². The Hall–Kier alpha value is -2.17. The number of esters is 1. The van der Waals surface area contributed by atoms with Gasteiger partial charge < -0.3 is 9.47 Å². The highest BCUT2D eigenvalue weighted by Gasteiger charge is 2.57. The zero-order valence-corrected chi connectivity index (χ0v) is 12.9. The summed E-state index contributed by atoms with van der Waals surface area (Å²) >= 11 is 0. The molecule has 0 radical (unpaired) electrons. The highest BCUT2D eigenvalue weighted by Crippen LogP contribution is 2.43. The molecule has 4 rings (SSSR count). The third-order valence-electron chi connectivity index (χ3n) is 4.73. The summed E-state index contributed by atoms with van der Waals surface area (Å²) in [5.41, 5.74) is 1.23. The van der Waals surface area contributed by atoms with Crippen LogP contribution in [0.2, 0.25) is 0 Å². The Balaban J connectivity index is 1.80. The topological polar surface area (TPSA) is 47.6 Å². The molecule has 0 bridgehead atoms. The average Bonchev–Trinajstić information content (AvgIpc) is 3.10. The Kier molecular flexibility index (Phi) is 3.43. The Bertz CT molecular complexity index is 662. The van der Waals surface area contributed by atoms with Crippen molar-refractivity contribution < 1.29 is 14.3 Å². The lowest BCUT2D eigenvalue weighted by atomic mass is 9.92. The maximum absolute atomic E-state index is 12.0. The van der Waals surface area contributed by atoms with E-state index in [-0.39, 0.29) is 17.9 Å². The largest absolute Gasteiger partial charge is 0.434 e. The monoisotopic (exact) mass is 309 g/mol. The summed E-state index contributed by atoms with van der Waals surface area (Å²) in [6, 6.07) is 19.9. The zero-order chi connectivity index (χ0) is 15.9. The summed E-state index contributed by atoms with van der Waals surface area (Å²) < 4.78 is 11.8. The van der Waals surface area contributed by atoms with Crippen LogP contribution in [0, 0.1) is 5.92 Å². The summed E-state index contributed by atoms with van der Waals surface area (Å²) in [7, 11) is 0. The highest BCUT2D eigenvalue weighted by atomic mass is 16.7. The lowest BCUT2D eigenvalue weighted by molar-refractivity contribution is -0.174. The first-order valence-corrected chi connectivity index (χ1v) is 8.01. The van der Waals surface area contributed by atoms with Gasteiger partial charge in [0.25, 0.3) is 0 Å². The quantitative estimate of drug-likeness (QED) is 0.886. The molecule has 1 N–H and O–H groups in total. The Morgan fingerprint density at radius 3 is 2.09 bits per heavy atom. The third-order valence-corrected chi connectivity index (χ3v) is 4.73. The lowest BCUT2D eigenvalue weighted by Gasteiger charge is -2.31. The fourth-order valence-corrected chi connectivity index (χ4v) is 3.56. The molecule has 3 atom stereocenters. The van der Waals surface area contributed by atoms with Gasteiger partial charge >= 0.3 is 5.97 Å². The van der Waals surface area contributed by atoms with Crippen LogP contribution in [0.25, 0.3) is 0 Å². The molecule has 0 aliphatic carbocycles. The van der Waals surface area contributed by atoms with E-state index >= 15 is 0 Å². The molecule has 0 spiro atoms. The third kappa shape index (κ3) is 2.18. The van der Waals surface area contributed by atoms with Crippen molar-refractivity contribution in [2.45, 2.75) is 31.4 Å². The van der Waals surface area contributed by atoms with E-state index in [1.54, 1.807) is 0 Å². The van der Waals surface area contributed by atoms with Gasteiger partial charge in [-0.25, -0.2) is 0 Å². The summed E-state index contributed by atoms with van der Waals surface area (Å²) in [4.78, 5) is 12.0. The molecular formula is C19H19NO3. The van der Waals surface area contributed by atoms with Crippen molar-refractivity contribution in [1.29, 1.82) is 0 Å². The smallest absolute Gasteiger partial charge is 0.313 e. The fourth-order valence-electron chi connectivity index (χ4n) is 3.56. The molecule has 0 saturated carbocycles. The number of rotatable bonds is 3. The van der Waals surface area contributed by atoms with Gasteiger partial charge in [-0.2, -0.15) is 0 Å². The van der Waals surface area contributed by atoms with E-state index in [0.717, 1.165) is 17.5 Å². The van der Waals surface area contributed by atoms with Crippen LogP contribution in [0.3, 0.4) is 0 Å². The Morgan fingerprint density at radius 2 is 1.57 bits per heavy atom. The van der Waals surface area contributed by atoms with E-state index in [1.165, 1.54) is 0 Å². The second kappa shape index (κ2) is 5.48. The van der Waals surface area contributed by atoms with Crippen molar-refractivity contribution in [3.05, 3.63) is 71.8 Å². The van der Waals surface area contributed by atoms with Gasteiger partial charge in [0.15, 0.2) is 5.72 Å². The van der Waals surface area contributed by atoms with Crippen LogP contribution in [-0.4, -0.2) is 18.3 Å². The molecule has 4 nitrogen and oxygen atoms in total. The number of carbonyl (C=O) groups is 1. The summed E-state index contributed by atoms with van der Waals surface area (Å²) in [5.74, 6) is -0.348. The van der Waals surface area contributed by atoms with Crippen molar-refractivity contribution in [1.82, 2.24) is 5.32 Å². The second-order valence-corrected chi connectivity index (χ2v) is 6.02. The minimum atomic E-state index is -0.786. The van der Waals surface area contributed by atoms with Crippen molar-refractivity contribution >= 4 is 5.97 Å². The van der Waals surface area contributed by atoms with Gasteiger partial charge in [-0.15, -0.1) is 0 Å². The first-order chi connectivity index (χ1) is 11.2. The fraction of sp³-hybridized carbons (Fsp3) is 0.316. The van der Waals surface area contributed by atoms with E-state index in [2.05, 4.69) is 5.32 Å². The number of carbonyl (C=O) groups excluding carboxylic acids is 1. The van der Waals surface area contributed by atoms with Crippen LogP contribution in [-0.2, 0) is 20.0 Å². The molecule has 2 heterocycles. The van der Waals surface area contributed by atoms with Gasteiger partial charge in [0.1, 0.15) is 0 Å². The molecule has 0 amide bonds. The predicted octanol–water partition coefficient (Wildman–Crippen LogP) is 2.79. The van der Waals surface area contributed by atoms with Gasteiger partial charge in [-0.1, -0.05) is 67.6 Å². The molecule has 118 valence electrons. The van der Waals surface area contributed by atoms with Crippen LogP contribution in [0.5, 0.6) is 0 Å². The SMILES string of the molecule is CC[C@H]1C(=O)O[C@H]2OC(c3ccccc3)(c3ccccc3)N[C@@H]21. The van der Waals surface area contributed by atoms with Crippen molar-refractivity contribution in [2.75, 3.05) is 0 Å². The van der Waals surface area contributed by atoms with Crippen LogP contribution >= 0.6 is 0 Å². The van der Waals surface area contributed by atoms with E-state index in [9.17, 15) is 4.79 Å². The standard InChI is InChI=1S/C19H19NO3/c1-2-15-16-18(22-17(15)21)23-19(20-16,13-9-5-3-6-10-13)14-11-7-4-8-12-14/h3-12,15-16,18,20H,2H2,1H3/t15-,16-,18+/m1/s1. The van der Waals surface area contributed by atoms with Crippen molar-refractivity contribution in [2.24, 2.45) is 5.92 Å². The number of fused-ring (bicyclic) bond motifs is 1. The average molecular weight is 309 g/mol. The molecule has 4 heteroatoms. The molecule has 2 fully saturated rings. The Labute approximate surface area is 135 Å². The molecular weight excluding hydrogens is 290 g/mol. The lowest BCUT2D eigenvalue weighted by Crippen LogP contribution is -2.45. The van der Waals surface area contributed by atoms with E-state index < -0.39 is 12.0 Å². The maximum Gasteiger partial charge on any atom is 0.313 e. The van der Waals surface area contributed by atoms with E-state index in [1.807, 2.05) is 67.6 Å². The molecule has 2 aromatic carbocycles. The second-order valence-electron chi connectivity index (χ2n) is 6.02. The minimum Gasteiger partial charge on any atom is -0.434 e. The zero-order valence-electron chi connectivity index (χ0n) is 12.9. The number of hydrogen-bond acceptors (Lipinski definition) is 4. The van der Waals surface area contributed by atoms with Gasteiger partial charge in [-0.3, -0.25) is 10.1 Å². The summed E-state index contributed by atoms with van der Waals surface area (Å²) in [5, 5.41) is 3.56. The maximum atomic E-state index is 12.0. The molecule has 23 heavy (non-hydrogen) atoms. The van der Waals surface area contributed by atoms with Gasteiger partial charge in [0.2, 0.25) is 6.29 Å². The highest BCUT2D eigenvalue weighted by molar-refractivity contribution is 5.76. The van der Waals surface area contributed by atoms with Crippen LogP contribution in [0.1, 0.15) is 24.5 Å². The summed E-state index contributed by atoms with van der Waals surface area (Å²) in [6.45, 7) is 2.00. The van der Waals surface area contributed by atoms with Crippen LogP contribution in [0.4, 0.5) is 0 Å². The van der Waals surface area contributed by atoms with E-state index in [0.29, 0.717) is 0 Å². The summed E-state index contributed by atoms with van der Waals surface area (Å²) in [6.07, 6.45) is 0.184. The molecule has 0 unspecified atom stereocenters. The van der Waals surface area contributed by atoms with Crippen LogP contribution < -0.4 is 5.32 Å². The van der Waals surface area contributed by atoms with Gasteiger partial charge in [0.05, 0.1) is 12.0 Å². The number of hydrogen-bond donors (Lipinski definition) is 1. The minimum absolute atomic E-state index is 0.132. The Morgan fingerprint density at radius 1 is 1.00 bits per heavy atom. The van der Waals surface area contributed by atoms with Crippen molar-refractivity contribution in [3.8, 4) is 0 Å². The molecule has 2 aliphatic rings. The van der Waals surface area contributed by atoms with E-state index in [4.69, 9.17) is 9.47 Å². The predicted molar refractivity (Wildman–Crippen MR) is 85.3 cm³/mol. The van der Waals surface area contributed by atoms with Gasteiger partial charge in [0, 0.05) is 11.1 Å². The number of benzene rings is 2. The molecule has 2 aromatic rings. The normalized spacial score (nSPS) is 28.4. The first-order valence-electron chi connectivity index (χ1n) is 8.01. The number of nitrogens with one attached hydrogen (secondary N) is 1. The molecule has 0 aromatic heterocycles.